The predicted molar refractivity (Wildman–Crippen MR) is 344 cm³/mol. The van der Waals surface area contributed by atoms with Gasteiger partial charge in [0.2, 0.25) is 0 Å². The number of rotatable bonds is 64. The first kappa shape index (κ1) is 84.1. The van der Waals surface area contributed by atoms with Gasteiger partial charge in [-0.1, -0.05) is 274 Å². The van der Waals surface area contributed by atoms with Gasteiger partial charge in [-0.05, 0) is 49.4 Å². The fourth-order valence-corrected chi connectivity index (χ4v) is 11.5. The van der Waals surface area contributed by atoms with Crippen LogP contribution in [0.3, 0.4) is 0 Å². The van der Waals surface area contributed by atoms with Gasteiger partial charge in [0.1, 0.15) is 19.3 Å². The van der Waals surface area contributed by atoms with Crippen molar-refractivity contribution < 1.29 is 80.2 Å². The molecule has 0 saturated heterocycles. The third-order valence-electron chi connectivity index (χ3n) is 15.7. The molecule has 0 spiro atoms. The second-order valence-corrected chi connectivity index (χ2v) is 28.8. The average molecular weight is 1270 g/mol. The van der Waals surface area contributed by atoms with E-state index in [0.29, 0.717) is 31.6 Å². The van der Waals surface area contributed by atoms with Crippen LogP contribution in [-0.4, -0.2) is 96.7 Å². The fourth-order valence-electron chi connectivity index (χ4n) is 9.93. The maximum absolute atomic E-state index is 13.0. The van der Waals surface area contributed by atoms with Gasteiger partial charge >= 0.3 is 39.5 Å². The van der Waals surface area contributed by atoms with Gasteiger partial charge in [-0.3, -0.25) is 37.3 Å². The van der Waals surface area contributed by atoms with Crippen LogP contribution >= 0.6 is 15.6 Å². The van der Waals surface area contributed by atoms with Crippen LogP contribution in [0, 0.1) is 23.7 Å². The molecule has 6 atom stereocenters. The van der Waals surface area contributed by atoms with Gasteiger partial charge < -0.3 is 33.8 Å². The molecular weight excluding hydrogens is 1140 g/mol. The molecule has 3 unspecified atom stereocenters. The van der Waals surface area contributed by atoms with E-state index in [1.807, 2.05) is 0 Å². The molecule has 0 aromatic rings. The van der Waals surface area contributed by atoms with Crippen molar-refractivity contribution in [2.75, 3.05) is 39.6 Å². The molecular formula is C67H130O17P2. The number of ether oxygens (including phenoxy) is 4. The van der Waals surface area contributed by atoms with E-state index >= 15 is 0 Å². The molecule has 0 heterocycles. The van der Waals surface area contributed by atoms with Gasteiger partial charge in [-0.25, -0.2) is 9.13 Å². The minimum atomic E-state index is -4.95. The highest BCUT2D eigenvalue weighted by atomic mass is 31.2. The average Bonchev–Trinajstić information content (AvgIpc) is 3.66. The fraction of sp³-hybridized carbons (Fsp3) is 0.940. The lowest BCUT2D eigenvalue weighted by Gasteiger charge is -2.21. The molecule has 0 radical (unpaired) electrons. The highest BCUT2D eigenvalue weighted by Crippen LogP contribution is 2.45. The summed E-state index contributed by atoms with van der Waals surface area (Å²) < 4.78 is 68.1. The molecule has 17 nitrogen and oxygen atoms in total. The summed E-state index contributed by atoms with van der Waals surface area (Å²) in [6.45, 7) is 14.0. The first-order chi connectivity index (χ1) is 41.1. The topological polar surface area (TPSA) is 237 Å². The summed E-state index contributed by atoms with van der Waals surface area (Å²) >= 11 is 0. The largest absolute Gasteiger partial charge is 0.472 e. The van der Waals surface area contributed by atoms with E-state index in [9.17, 15) is 43.2 Å². The Morgan fingerprint density at radius 3 is 0.826 bits per heavy atom. The molecule has 0 bridgehead atoms. The van der Waals surface area contributed by atoms with Crippen LogP contribution in [0.15, 0.2) is 0 Å². The second kappa shape index (κ2) is 57.0. The molecule has 3 N–H and O–H groups in total. The SMILES string of the molecule is CCC(C)CCCCCCCCC(=O)OC[C@H](COP(=O)(O)OC[C@H](O)COP(=O)(O)OC[C@@H](COC(=O)CCCCCCCCCC(C)C)OC(=O)CCCCCCCCCCCC(C)C)OC(=O)CCCCCCCCCCCCCC(C)C. The Morgan fingerprint density at radius 1 is 0.326 bits per heavy atom. The standard InChI is InChI=1S/C67H130O17P2/c1-9-60(8)46-38-30-25-26-32-40-48-65(70)78-54-63(84-66(71)49-41-33-22-16-12-10-11-14-19-27-35-43-57(2)3)56-82-86(75,76)80-52-61(68)51-79-85(73,74)81-55-62(53-77-64(69)47-39-31-24-18-21-29-37-45-59(6)7)83-67(72)50-42-34-23-17-13-15-20-28-36-44-58(4)5/h57-63,68H,9-56H2,1-8H3,(H,73,74)(H,75,76)/t60?,61-,62-,63-/m1/s1. The lowest BCUT2D eigenvalue weighted by atomic mass is 10.00. The monoisotopic (exact) mass is 1270 g/mol. The minimum absolute atomic E-state index is 0.104. The van der Waals surface area contributed by atoms with E-state index in [4.69, 9.17) is 37.0 Å². The molecule has 0 aliphatic carbocycles. The Kier molecular flexibility index (Phi) is 55.7. The Balaban J connectivity index is 5.26. The molecule has 510 valence electrons. The van der Waals surface area contributed by atoms with Crippen molar-refractivity contribution in [3.05, 3.63) is 0 Å². The van der Waals surface area contributed by atoms with Crippen LogP contribution in [0.5, 0.6) is 0 Å². The zero-order valence-electron chi connectivity index (χ0n) is 55.9. The number of aliphatic hydroxyl groups is 1. The maximum atomic E-state index is 13.0. The van der Waals surface area contributed by atoms with Gasteiger partial charge in [0.25, 0.3) is 0 Å². The summed E-state index contributed by atoms with van der Waals surface area (Å²) in [6, 6.07) is 0. The molecule has 0 amide bonds. The number of carbonyl (C=O) groups is 4. The van der Waals surface area contributed by atoms with Crippen LogP contribution in [0.2, 0.25) is 0 Å². The number of phosphoric ester groups is 2. The number of phosphoric acid groups is 2. The molecule has 0 aliphatic heterocycles. The van der Waals surface area contributed by atoms with E-state index in [0.717, 1.165) is 120 Å². The number of hydrogen-bond acceptors (Lipinski definition) is 15. The van der Waals surface area contributed by atoms with E-state index in [1.54, 1.807) is 0 Å². The Bertz CT molecular complexity index is 1720. The highest BCUT2D eigenvalue weighted by Gasteiger charge is 2.30. The lowest BCUT2D eigenvalue weighted by Crippen LogP contribution is -2.30. The summed E-state index contributed by atoms with van der Waals surface area (Å²) in [5.74, 6) is 0.802. The lowest BCUT2D eigenvalue weighted by molar-refractivity contribution is -0.161. The second-order valence-electron chi connectivity index (χ2n) is 25.9. The quantitative estimate of drug-likeness (QED) is 0.0222. The number of hydrogen-bond donors (Lipinski definition) is 3. The Labute approximate surface area is 524 Å². The normalized spacial score (nSPS) is 14.7. The van der Waals surface area contributed by atoms with Crippen molar-refractivity contribution in [1.29, 1.82) is 0 Å². The van der Waals surface area contributed by atoms with Gasteiger partial charge in [0.05, 0.1) is 26.4 Å². The van der Waals surface area contributed by atoms with Crippen LogP contribution in [0.4, 0.5) is 0 Å². The van der Waals surface area contributed by atoms with Gasteiger partial charge in [0, 0.05) is 25.7 Å². The zero-order chi connectivity index (χ0) is 63.9. The van der Waals surface area contributed by atoms with Crippen molar-refractivity contribution in [2.24, 2.45) is 23.7 Å². The number of unbranched alkanes of at least 4 members (excludes halogenated alkanes) is 29. The number of aliphatic hydroxyl groups excluding tert-OH is 1. The minimum Gasteiger partial charge on any atom is -0.462 e. The summed E-state index contributed by atoms with van der Waals surface area (Å²) in [6.07, 6.45) is 37.7. The first-order valence-electron chi connectivity index (χ1n) is 34.7. The molecule has 19 heteroatoms. The molecule has 86 heavy (non-hydrogen) atoms. The Morgan fingerprint density at radius 2 is 0.558 bits per heavy atom. The smallest absolute Gasteiger partial charge is 0.462 e. The van der Waals surface area contributed by atoms with Gasteiger partial charge in [-0.2, -0.15) is 0 Å². The van der Waals surface area contributed by atoms with Crippen molar-refractivity contribution in [3.63, 3.8) is 0 Å². The van der Waals surface area contributed by atoms with Crippen LogP contribution in [0.25, 0.3) is 0 Å². The van der Waals surface area contributed by atoms with Crippen LogP contribution in [-0.2, 0) is 65.4 Å². The van der Waals surface area contributed by atoms with Gasteiger partial charge in [-0.15, -0.1) is 0 Å². The van der Waals surface area contributed by atoms with Crippen molar-refractivity contribution >= 4 is 39.5 Å². The summed E-state index contributed by atoms with van der Waals surface area (Å²) in [5.41, 5.74) is 0. The molecule has 0 saturated carbocycles. The van der Waals surface area contributed by atoms with Crippen molar-refractivity contribution in [3.8, 4) is 0 Å². The van der Waals surface area contributed by atoms with E-state index in [-0.39, 0.29) is 25.7 Å². The maximum Gasteiger partial charge on any atom is 0.472 e. The van der Waals surface area contributed by atoms with Crippen LogP contribution in [0.1, 0.15) is 325 Å². The molecule has 0 aromatic carbocycles. The van der Waals surface area contributed by atoms with Crippen molar-refractivity contribution in [1.82, 2.24) is 0 Å². The third kappa shape index (κ3) is 59.7. The van der Waals surface area contributed by atoms with Crippen LogP contribution < -0.4 is 0 Å². The summed E-state index contributed by atoms with van der Waals surface area (Å²) in [7, 11) is -9.90. The highest BCUT2D eigenvalue weighted by molar-refractivity contribution is 7.47. The molecule has 0 fully saturated rings. The zero-order valence-corrected chi connectivity index (χ0v) is 57.7. The summed E-state index contributed by atoms with van der Waals surface area (Å²) in [4.78, 5) is 72.4. The molecule has 0 aromatic heterocycles. The van der Waals surface area contributed by atoms with Crippen molar-refractivity contribution in [2.45, 2.75) is 343 Å². The molecule has 0 aliphatic rings. The van der Waals surface area contributed by atoms with Gasteiger partial charge in [0.15, 0.2) is 12.2 Å². The number of esters is 4. The predicted octanol–water partition coefficient (Wildman–Crippen LogP) is 18.5. The van der Waals surface area contributed by atoms with E-state index in [1.165, 1.54) is 116 Å². The molecule has 0 rings (SSSR count). The first-order valence-corrected chi connectivity index (χ1v) is 37.7. The van der Waals surface area contributed by atoms with E-state index in [2.05, 4.69) is 55.4 Å². The van der Waals surface area contributed by atoms with E-state index < -0.39 is 97.5 Å². The summed E-state index contributed by atoms with van der Waals surface area (Å²) in [5, 5.41) is 10.6. The Hall–Kier alpha value is -1.94. The number of carbonyl (C=O) groups excluding carboxylic acids is 4. The third-order valence-corrected chi connectivity index (χ3v) is 17.6.